The van der Waals surface area contributed by atoms with Crippen LogP contribution in [0.4, 0.5) is 0 Å². The Kier molecular flexibility index (Phi) is 6.52. The maximum Gasteiger partial charge on any atom is 0.251 e. The molecule has 1 atom stereocenters. The number of nitrogens with one attached hydrogen (secondary N) is 1. The highest BCUT2D eigenvalue weighted by atomic mass is 35.5. The van der Waals surface area contributed by atoms with Crippen LogP contribution in [0.2, 0.25) is 5.02 Å². The van der Waals surface area contributed by atoms with Crippen molar-refractivity contribution in [3.05, 3.63) is 44.6 Å². The molecule has 0 fully saturated rings. The second kappa shape index (κ2) is 8.40. The Morgan fingerprint density at radius 1 is 1.38 bits per heavy atom. The van der Waals surface area contributed by atoms with Gasteiger partial charge in [0.15, 0.2) is 11.5 Å². The fraction of sp³-hybridized carbons (Fsp3) is 0.389. The molecule has 24 heavy (non-hydrogen) atoms. The van der Waals surface area contributed by atoms with Gasteiger partial charge in [-0.2, -0.15) is 0 Å². The quantitative estimate of drug-likeness (QED) is 0.784. The highest BCUT2D eigenvalue weighted by molar-refractivity contribution is 7.11. The van der Waals surface area contributed by atoms with E-state index in [-0.39, 0.29) is 11.9 Å². The number of halogens is 1. The van der Waals surface area contributed by atoms with E-state index < -0.39 is 0 Å². The van der Waals surface area contributed by atoms with Gasteiger partial charge in [-0.15, -0.1) is 11.3 Å². The van der Waals surface area contributed by atoms with Gasteiger partial charge in [0.1, 0.15) is 0 Å². The number of hydrogen-bond donors (Lipinski definition) is 1. The molecule has 1 aromatic heterocycles. The zero-order valence-corrected chi connectivity index (χ0v) is 15.9. The minimum absolute atomic E-state index is 0.0203. The largest absolute Gasteiger partial charge is 0.493 e. The third-order valence-corrected chi connectivity index (χ3v) is 4.76. The number of hydrogen-bond acceptors (Lipinski definition) is 4. The predicted octanol–water partition coefficient (Wildman–Crippen LogP) is 4.48. The maximum atomic E-state index is 12.5. The molecule has 1 unspecified atom stereocenters. The summed E-state index contributed by atoms with van der Waals surface area (Å²) in [7, 11) is 1.53. The Bertz CT molecular complexity index is 714. The minimum atomic E-state index is -0.181. The van der Waals surface area contributed by atoms with Gasteiger partial charge in [0, 0.05) is 27.8 Å². The van der Waals surface area contributed by atoms with Gasteiger partial charge in [-0.3, -0.25) is 4.79 Å². The summed E-state index contributed by atoms with van der Waals surface area (Å²) in [6, 6.07) is 7.46. The molecule has 0 bridgehead atoms. The summed E-state index contributed by atoms with van der Waals surface area (Å²) < 4.78 is 10.8. The monoisotopic (exact) mass is 367 g/mol. The lowest BCUT2D eigenvalue weighted by Gasteiger charge is -2.16. The van der Waals surface area contributed by atoms with Crippen LogP contribution >= 0.6 is 22.9 Å². The molecule has 4 nitrogen and oxygen atoms in total. The molecule has 1 amide bonds. The molecule has 0 spiro atoms. The Morgan fingerprint density at radius 3 is 2.71 bits per heavy atom. The molecule has 0 aliphatic carbocycles. The minimum Gasteiger partial charge on any atom is -0.493 e. The molecule has 2 aromatic rings. The van der Waals surface area contributed by atoms with Gasteiger partial charge in [0.2, 0.25) is 0 Å². The van der Waals surface area contributed by atoms with E-state index >= 15 is 0 Å². The Morgan fingerprint density at radius 2 is 2.12 bits per heavy atom. The molecule has 1 aromatic carbocycles. The summed E-state index contributed by atoms with van der Waals surface area (Å²) in [5, 5.41) is 3.36. The lowest BCUT2D eigenvalue weighted by molar-refractivity contribution is 0.0940. The topological polar surface area (TPSA) is 47.6 Å². The van der Waals surface area contributed by atoms with Crippen molar-refractivity contribution in [1.82, 2.24) is 5.32 Å². The molecule has 0 saturated carbocycles. The number of benzene rings is 1. The zero-order chi connectivity index (χ0) is 17.7. The van der Waals surface area contributed by atoms with Crippen molar-refractivity contribution in [3.63, 3.8) is 0 Å². The van der Waals surface area contributed by atoms with Crippen molar-refractivity contribution >= 4 is 28.8 Å². The molecule has 130 valence electrons. The van der Waals surface area contributed by atoms with Gasteiger partial charge < -0.3 is 14.8 Å². The smallest absolute Gasteiger partial charge is 0.251 e. The van der Waals surface area contributed by atoms with Crippen molar-refractivity contribution in [3.8, 4) is 11.5 Å². The van der Waals surface area contributed by atoms with E-state index in [9.17, 15) is 4.79 Å². The number of amides is 1. The van der Waals surface area contributed by atoms with Crippen LogP contribution in [0.1, 0.15) is 34.0 Å². The number of thiophene rings is 1. The summed E-state index contributed by atoms with van der Waals surface area (Å²) in [5.74, 6) is 0.732. The molecule has 0 radical (unpaired) electrons. The number of methoxy groups -OCH3 is 1. The maximum absolute atomic E-state index is 12.5. The first-order valence-corrected chi connectivity index (χ1v) is 9.00. The Labute approximate surface area is 151 Å². The second-order valence-electron chi connectivity index (χ2n) is 5.51. The summed E-state index contributed by atoms with van der Waals surface area (Å²) in [6.07, 6.45) is 0.798. The highest BCUT2D eigenvalue weighted by Crippen LogP contribution is 2.36. The van der Waals surface area contributed by atoms with Crippen LogP contribution in [0.3, 0.4) is 0 Å². The van der Waals surface area contributed by atoms with Crippen molar-refractivity contribution < 1.29 is 14.3 Å². The van der Waals surface area contributed by atoms with Crippen molar-refractivity contribution in [2.24, 2.45) is 0 Å². The fourth-order valence-corrected chi connectivity index (χ4v) is 3.67. The van der Waals surface area contributed by atoms with E-state index in [2.05, 4.69) is 24.4 Å². The van der Waals surface area contributed by atoms with Crippen molar-refractivity contribution in [2.45, 2.75) is 33.2 Å². The molecule has 0 saturated heterocycles. The van der Waals surface area contributed by atoms with E-state index in [1.54, 1.807) is 23.5 Å². The van der Waals surface area contributed by atoms with Crippen molar-refractivity contribution in [2.75, 3.05) is 13.7 Å². The second-order valence-corrected chi connectivity index (χ2v) is 7.29. The summed E-state index contributed by atoms with van der Waals surface area (Å²) in [5.41, 5.74) is 0.453. The lowest BCUT2D eigenvalue weighted by Crippen LogP contribution is -2.33. The number of carbonyl (C=O) groups excluding carboxylic acids is 1. The molecule has 0 aliphatic heterocycles. The van der Waals surface area contributed by atoms with Crippen LogP contribution in [0.25, 0.3) is 0 Å². The van der Waals surface area contributed by atoms with Crippen LogP contribution in [0, 0.1) is 6.92 Å². The molecule has 0 aliphatic rings. The third-order valence-electron chi connectivity index (χ3n) is 3.46. The molecular weight excluding hydrogens is 346 g/mol. The molecular formula is C18H22ClNO3S. The van der Waals surface area contributed by atoms with E-state index in [0.717, 1.165) is 6.42 Å². The standard InChI is InChI=1S/C18H22ClNO3S/c1-5-23-17-15(19)9-13(10-16(17)22-4)18(21)20-11(2)8-14-7-6-12(3)24-14/h6-7,9-11H,5,8H2,1-4H3,(H,20,21). The van der Waals surface area contributed by atoms with Crippen LogP contribution < -0.4 is 14.8 Å². The predicted molar refractivity (Wildman–Crippen MR) is 98.9 cm³/mol. The van der Waals surface area contributed by atoms with Crippen LogP contribution in [0.15, 0.2) is 24.3 Å². The van der Waals surface area contributed by atoms with Crippen molar-refractivity contribution in [1.29, 1.82) is 0 Å². The summed E-state index contributed by atoms with van der Waals surface area (Å²) in [6.45, 7) is 6.40. The average Bonchev–Trinajstić information content (AvgIpc) is 2.93. The normalized spacial score (nSPS) is 11.9. The Balaban J connectivity index is 2.10. The van der Waals surface area contributed by atoms with Crippen LogP contribution in [-0.2, 0) is 6.42 Å². The fourth-order valence-electron chi connectivity index (χ4n) is 2.39. The zero-order valence-electron chi connectivity index (χ0n) is 14.3. The first-order chi connectivity index (χ1) is 11.4. The SMILES string of the molecule is CCOc1c(Cl)cc(C(=O)NC(C)Cc2ccc(C)s2)cc1OC. The highest BCUT2D eigenvalue weighted by Gasteiger charge is 2.17. The van der Waals surface area contributed by atoms with Gasteiger partial charge in [-0.05, 0) is 45.0 Å². The van der Waals surface area contributed by atoms with Gasteiger partial charge >= 0.3 is 0 Å². The van der Waals surface area contributed by atoms with Gasteiger partial charge in [0.05, 0.1) is 18.7 Å². The first-order valence-electron chi connectivity index (χ1n) is 7.81. The number of carbonyl (C=O) groups is 1. The molecule has 1 N–H and O–H groups in total. The van der Waals surface area contributed by atoms with Gasteiger partial charge in [0.25, 0.3) is 5.91 Å². The van der Waals surface area contributed by atoms with E-state index in [0.29, 0.717) is 28.7 Å². The first kappa shape index (κ1) is 18.6. The van der Waals surface area contributed by atoms with E-state index in [1.807, 2.05) is 13.8 Å². The number of rotatable bonds is 7. The molecule has 6 heteroatoms. The molecule has 1 heterocycles. The Hall–Kier alpha value is -1.72. The number of aryl methyl sites for hydroxylation is 1. The number of ether oxygens (including phenoxy) is 2. The van der Waals surface area contributed by atoms with Gasteiger partial charge in [-0.25, -0.2) is 0 Å². The van der Waals surface area contributed by atoms with E-state index in [1.165, 1.54) is 16.9 Å². The summed E-state index contributed by atoms with van der Waals surface area (Å²) in [4.78, 5) is 15.0. The molecule has 2 rings (SSSR count). The third kappa shape index (κ3) is 4.65. The summed E-state index contributed by atoms with van der Waals surface area (Å²) >= 11 is 7.97. The van der Waals surface area contributed by atoms with Crippen LogP contribution in [-0.4, -0.2) is 25.7 Å². The van der Waals surface area contributed by atoms with Gasteiger partial charge in [-0.1, -0.05) is 11.6 Å². The van der Waals surface area contributed by atoms with Crippen LogP contribution in [0.5, 0.6) is 11.5 Å². The van der Waals surface area contributed by atoms with E-state index in [4.69, 9.17) is 21.1 Å². The average molecular weight is 368 g/mol. The lowest BCUT2D eigenvalue weighted by atomic mass is 10.1.